The minimum absolute atomic E-state index is 0.328. The number of aliphatic imine (C=N–C) groups is 1. The quantitative estimate of drug-likeness (QED) is 0.307. The number of nitrogens with zero attached hydrogens (tertiary/aromatic N) is 1. The topological polar surface area (TPSA) is 32.6 Å². The summed E-state index contributed by atoms with van der Waals surface area (Å²) in [6.45, 7) is 4.37. The predicted octanol–water partition coefficient (Wildman–Crippen LogP) is 8.37. The van der Waals surface area contributed by atoms with E-state index in [1.54, 1.807) is 0 Å². The summed E-state index contributed by atoms with van der Waals surface area (Å²) in [7, 11) is 9.87. The average molecular weight is 572 g/mol. The van der Waals surface area contributed by atoms with Crippen LogP contribution >= 0.6 is 17.0 Å². The van der Waals surface area contributed by atoms with Crippen LogP contribution in [0, 0.1) is 11.8 Å². The van der Waals surface area contributed by atoms with Crippen LogP contribution in [-0.2, 0) is 26.3 Å². The molecular weight excluding hydrogens is 540 g/mol. The van der Waals surface area contributed by atoms with Crippen molar-refractivity contribution in [3.05, 3.63) is 89.5 Å². The van der Waals surface area contributed by atoms with Gasteiger partial charge in [-0.1, -0.05) is 80.9 Å². The third-order valence-electron chi connectivity index (χ3n) is 7.52. The van der Waals surface area contributed by atoms with Crippen molar-refractivity contribution in [3.63, 3.8) is 0 Å². The summed E-state index contributed by atoms with van der Waals surface area (Å²) in [4.78, 5) is 4.98. The Balaban J connectivity index is 0.000000868. The van der Waals surface area contributed by atoms with Crippen molar-refractivity contribution < 1.29 is 26.0 Å². The molecule has 2 aliphatic carbocycles. The Morgan fingerprint density at radius 1 is 0.912 bits per heavy atom. The molecule has 1 N–H and O–H groups in total. The van der Waals surface area contributed by atoms with Gasteiger partial charge in [0.05, 0.1) is 6.04 Å². The summed E-state index contributed by atoms with van der Waals surface area (Å²) >= 11 is -0.826. The van der Waals surface area contributed by atoms with Gasteiger partial charge in [0.1, 0.15) is 5.75 Å². The van der Waals surface area contributed by atoms with Gasteiger partial charge in [0.25, 0.3) is 0 Å². The van der Waals surface area contributed by atoms with Crippen molar-refractivity contribution in [1.29, 1.82) is 0 Å². The van der Waals surface area contributed by atoms with Crippen LogP contribution in [-0.4, -0.2) is 17.4 Å². The molecule has 34 heavy (non-hydrogen) atoms. The summed E-state index contributed by atoms with van der Waals surface area (Å²) in [5.74, 6) is 1.95. The Morgan fingerprint density at radius 2 is 1.56 bits per heavy atom. The van der Waals surface area contributed by atoms with Gasteiger partial charge in [0, 0.05) is 22.8 Å². The second kappa shape index (κ2) is 11.6. The molecule has 0 heterocycles. The molecule has 2 fully saturated rings. The van der Waals surface area contributed by atoms with Crippen molar-refractivity contribution in [2.45, 2.75) is 51.0 Å². The Morgan fingerprint density at radius 3 is 2.15 bits per heavy atom. The van der Waals surface area contributed by atoms with Gasteiger partial charge < -0.3 is 5.11 Å². The predicted molar refractivity (Wildman–Crippen MR) is 141 cm³/mol. The average Bonchev–Trinajstić information content (AvgIpc) is 3.48. The molecule has 2 aliphatic rings. The SMILES string of the molecule is CC(C)(c1ccccc1)c1cc(-c2ccccc2)cc(C=NC2CC3CCC2C3)c1O.[Cl][Zr][Cl]. The Bertz CT molecular complexity index is 1120. The standard InChI is InChI=1S/C29H31NO.2ClH.Zr/c1-29(2,25-11-7-4-8-12-25)26-18-23(21-9-5-3-6-10-21)17-24(28(26)31)19-30-27-16-20-13-14-22(27)15-20;;;/h3-12,17-20,22,27,31H,13-16H2,1-2H3;2*1H;/q;;;+2/p-2. The van der Waals surface area contributed by atoms with E-state index in [-0.39, 0.29) is 5.41 Å². The fourth-order valence-electron chi connectivity index (χ4n) is 5.61. The Hall–Kier alpha value is -1.41. The van der Waals surface area contributed by atoms with E-state index in [1.165, 1.54) is 31.2 Å². The molecule has 2 saturated carbocycles. The van der Waals surface area contributed by atoms with Gasteiger partial charge in [-0.2, -0.15) is 0 Å². The van der Waals surface area contributed by atoms with Crippen molar-refractivity contribution in [2.24, 2.45) is 16.8 Å². The third-order valence-corrected chi connectivity index (χ3v) is 7.52. The molecule has 0 aromatic heterocycles. The number of rotatable bonds is 5. The summed E-state index contributed by atoms with van der Waals surface area (Å²) in [5, 5.41) is 11.4. The van der Waals surface area contributed by atoms with Gasteiger partial charge in [0.15, 0.2) is 0 Å². The summed E-state index contributed by atoms with van der Waals surface area (Å²) < 4.78 is 0. The zero-order valence-electron chi connectivity index (χ0n) is 19.7. The normalized spacial score (nSPS) is 21.4. The Labute approximate surface area is 222 Å². The maximum atomic E-state index is 11.4. The molecule has 2 nitrogen and oxygen atoms in total. The van der Waals surface area contributed by atoms with Crippen LogP contribution in [0.2, 0.25) is 0 Å². The molecule has 5 rings (SSSR count). The van der Waals surface area contributed by atoms with E-state index < -0.39 is 20.8 Å². The Kier molecular flexibility index (Phi) is 8.72. The zero-order valence-corrected chi connectivity index (χ0v) is 23.7. The molecule has 3 aromatic carbocycles. The molecule has 3 aromatic rings. The van der Waals surface area contributed by atoms with Gasteiger partial charge >= 0.3 is 37.9 Å². The first-order valence-electron chi connectivity index (χ1n) is 11.9. The zero-order chi connectivity index (χ0) is 24.1. The van der Waals surface area contributed by atoms with Crippen molar-refractivity contribution in [1.82, 2.24) is 0 Å². The van der Waals surface area contributed by atoms with Gasteiger partial charge in [0.2, 0.25) is 0 Å². The molecule has 0 radical (unpaired) electrons. The van der Waals surface area contributed by atoms with Gasteiger partial charge in [-0.25, -0.2) is 0 Å². The summed E-state index contributed by atoms with van der Waals surface area (Å²) in [5.41, 5.74) is 4.89. The molecule has 0 aliphatic heterocycles. The van der Waals surface area contributed by atoms with E-state index in [9.17, 15) is 5.11 Å². The van der Waals surface area contributed by atoms with E-state index in [0.717, 1.165) is 34.1 Å². The first kappa shape index (κ1) is 25.7. The first-order chi connectivity index (χ1) is 16.4. The monoisotopic (exact) mass is 569 g/mol. The number of fused-ring (bicyclic) bond motifs is 2. The van der Waals surface area contributed by atoms with Crippen molar-refractivity contribution in [2.75, 3.05) is 0 Å². The molecule has 0 saturated heterocycles. The molecular formula is C29H31Cl2NOZr. The minimum atomic E-state index is -0.826. The van der Waals surface area contributed by atoms with E-state index in [4.69, 9.17) is 22.0 Å². The molecule has 3 unspecified atom stereocenters. The first-order valence-corrected chi connectivity index (χ1v) is 18.2. The van der Waals surface area contributed by atoms with E-state index in [2.05, 4.69) is 74.5 Å². The number of phenolic OH excluding ortho intramolecular Hbond substituents is 1. The fourth-order valence-corrected chi connectivity index (χ4v) is 5.61. The number of halogens is 2. The maximum absolute atomic E-state index is 11.4. The molecule has 3 atom stereocenters. The summed E-state index contributed by atoms with van der Waals surface area (Å²) in [6, 6.07) is 25.5. The second-order valence-corrected chi connectivity index (χ2v) is 13.6. The number of aromatic hydroxyl groups is 1. The van der Waals surface area contributed by atoms with Gasteiger partial charge in [-0.15, -0.1) is 0 Å². The number of phenols is 1. The summed E-state index contributed by atoms with van der Waals surface area (Å²) in [6.07, 6.45) is 7.18. The molecule has 5 heteroatoms. The van der Waals surface area contributed by atoms with Crippen LogP contribution in [0.5, 0.6) is 5.75 Å². The van der Waals surface area contributed by atoms with Crippen LogP contribution in [0.4, 0.5) is 0 Å². The fraction of sp³-hybridized carbons (Fsp3) is 0.345. The number of benzene rings is 3. The molecule has 0 amide bonds. The molecule has 0 spiro atoms. The van der Waals surface area contributed by atoms with Crippen LogP contribution in [0.1, 0.15) is 56.2 Å². The van der Waals surface area contributed by atoms with Crippen LogP contribution in [0.25, 0.3) is 11.1 Å². The number of hydrogen-bond acceptors (Lipinski definition) is 2. The van der Waals surface area contributed by atoms with Crippen molar-refractivity contribution >= 4 is 23.2 Å². The number of hydrogen-bond donors (Lipinski definition) is 1. The second-order valence-electron chi connectivity index (χ2n) is 9.91. The van der Waals surface area contributed by atoms with E-state index in [0.29, 0.717) is 11.8 Å². The third kappa shape index (κ3) is 5.69. The van der Waals surface area contributed by atoms with E-state index >= 15 is 0 Å². The van der Waals surface area contributed by atoms with E-state index in [1.807, 2.05) is 18.3 Å². The molecule has 2 bridgehead atoms. The van der Waals surface area contributed by atoms with Crippen LogP contribution in [0.15, 0.2) is 77.8 Å². The van der Waals surface area contributed by atoms with Crippen LogP contribution < -0.4 is 0 Å². The van der Waals surface area contributed by atoms with Gasteiger partial charge in [-0.05, 0) is 59.9 Å². The molecule has 176 valence electrons. The van der Waals surface area contributed by atoms with Crippen molar-refractivity contribution in [3.8, 4) is 16.9 Å². The van der Waals surface area contributed by atoms with Gasteiger partial charge in [-0.3, -0.25) is 4.99 Å². The van der Waals surface area contributed by atoms with Crippen LogP contribution in [0.3, 0.4) is 0 Å².